The van der Waals surface area contributed by atoms with E-state index in [4.69, 9.17) is 20.6 Å². The molecule has 0 aliphatic carbocycles. The highest BCUT2D eigenvalue weighted by Crippen LogP contribution is 2.34. The Bertz CT molecular complexity index is 1230. The molecule has 0 saturated heterocycles. The van der Waals surface area contributed by atoms with Gasteiger partial charge in [0.15, 0.2) is 6.61 Å². The number of rotatable bonds is 10. The molecule has 1 atom stereocenters. The van der Waals surface area contributed by atoms with Crippen LogP contribution >= 0.6 is 12.4 Å². The number of carbonyl (C=O) groups is 2. The molecular weight excluding hydrogens is 492 g/mol. The van der Waals surface area contributed by atoms with Crippen LogP contribution in [0.25, 0.3) is 0 Å². The Kier molecular flexibility index (Phi) is 9.65. The quantitative estimate of drug-likeness (QED) is 0.213. The highest BCUT2D eigenvalue weighted by molar-refractivity contribution is 5.98. The summed E-state index contributed by atoms with van der Waals surface area (Å²) >= 11 is 0. The van der Waals surface area contributed by atoms with E-state index in [0.717, 1.165) is 16.7 Å². The summed E-state index contributed by atoms with van der Waals surface area (Å²) in [6.07, 6.45) is 0.520. The molecule has 0 spiro atoms. The number of carbonyl (C=O) groups excluding carboxylic acids is 2. The van der Waals surface area contributed by atoms with Gasteiger partial charge >= 0.3 is 5.97 Å². The number of nitrogen functional groups attached to an aromatic ring is 1. The van der Waals surface area contributed by atoms with Crippen LogP contribution < -0.4 is 20.7 Å². The van der Waals surface area contributed by atoms with Crippen molar-refractivity contribution in [1.82, 2.24) is 5.32 Å². The van der Waals surface area contributed by atoms with Crippen molar-refractivity contribution in [3.63, 3.8) is 0 Å². The molecule has 3 aromatic rings. The Labute approximate surface area is 222 Å². The van der Waals surface area contributed by atoms with Crippen molar-refractivity contribution in [2.45, 2.75) is 32.5 Å². The zero-order chi connectivity index (χ0) is 25.5. The van der Waals surface area contributed by atoms with Crippen molar-refractivity contribution in [3.05, 3.63) is 95.1 Å². The number of esters is 1. The summed E-state index contributed by atoms with van der Waals surface area (Å²) < 4.78 is 11.0. The van der Waals surface area contributed by atoms with Crippen molar-refractivity contribution in [3.8, 4) is 5.75 Å². The number of hydrogen-bond donors (Lipinski definition) is 3. The third kappa shape index (κ3) is 7.09. The third-order valence-electron chi connectivity index (χ3n) is 5.98. The second-order valence-corrected chi connectivity index (χ2v) is 8.56. The van der Waals surface area contributed by atoms with E-state index in [1.807, 2.05) is 60.7 Å². The Hall–Kier alpha value is -3.88. The van der Waals surface area contributed by atoms with Crippen LogP contribution in [0.5, 0.6) is 5.75 Å². The number of hydrogen-bond acceptors (Lipinski definition) is 6. The summed E-state index contributed by atoms with van der Waals surface area (Å²) in [5.74, 6) is 0.201. The van der Waals surface area contributed by atoms with Crippen LogP contribution in [0.4, 0.5) is 5.69 Å². The molecule has 0 radical (unpaired) electrons. The fourth-order valence-corrected chi connectivity index (χ4v) is 4.08. The molecule has 3 aromatic carbocycles. The number of nitrogens with one attached hydrogen (secondary N) is 2. The van der Waals surface area contributed by atoms with Gasteiger partial charge in [-0.05, 0) is 42.2 Å². The van der Waals surface area contributed by atoms with Crippen LogP contribution in [0, 0.1) is 5.41 Å². The first kappa shape index (κ1) is 27.7. The normalized spacial score (nSPS) is 13.1. The molecule has 9 heteroatoms. The van der Waals surface area contributed by atoms with Crippen molar-refractivity contribution >= 4 is 35.8 Å². The van der Waals surface area contributed by atoms with Crippen LogP contribution in [0.3, 0.4) is 0 Å². The number of anilines is 1. The molecule has 0 unspecified atom stereocenters. The lowest BCUT2D eigenvalue weighted by Crippen LogP contribution is -2.40. The van der Waals surface area contributed by atoms with Gasteiger partial charge in [-0.15, -0.1) is 12.4 Å². The summed E-state index contributed by atoms with van der Waals surface area (Å²) in [7, 11) is 0. The summed E-state index contributed by atoms with van der Waals surface area (Å²) in [5.41, 5.74) is 9.75. The predicted octanol–water partition coefficient (Wildman–Crippen LogP) is 3.58. The first-order valence-corrected chi connectivity index (χ1v) is 11.9. The number of nitrogens with zero attached hydrogens (tertiary/aromatic N) is 1. The molecule has 1 aliphatic heterocycles. The maximum atomic E-state index is 12.6. The third-order valence-corrected chi connectivity index (χ3v) is 5.98. The minimum absolute atomic E-state index is 0. The van der Waals surface area contributed by atoms with Gasteiger partial charge in [0.1, 0.15) is 17.6 Å². The van der Waals surface area contributed by atoms with Crippen LogP contribution in [-0.2, 0) is 33.8 Å². The largest absolute Gasteiger partial charge is 0.482 e. The SMILES string of the molecule is CCOC(=O)[C@H](Cc1ccccc1)NCc1ccc2c(c1)OCC(=O)N2Cc1ccc(C(=N)N)cc1.Cl. The highest BCUT2D eigenvalue weighted by Gasteiger charge is 2.26. The number of ether oxygens (including phenoxy) is 2. The molecule has 4 rings (SSSR count). The topological polar surface area (TPSA) is 118 Å². The van der Waals surface area contributed by atoms with E-state index in [-0.39, 0.29) is 36.7 Å². The Morgan fingerprint density at radius 2 is 1.78 bits per heavy atom. The predicted molar refractivity (Wildman–Crippen MR) is 145 cm³/mol. The standard InChI is InChI=1S/C28H30N4O4.ClH/c1-2-35-28(34)23(14-19-6-4-3-5-7-19)31-16-21-10-13-24-25(15-21)36-18-26(33)32(24)17-20-8-11-22(12-9-20)27(29)30;/h3-13,15,23,31H,2,14,16-18H2,1H3,(H3,29,30);1H/t23-;/m0./s1. The maximum Gasteiger partial charge on any atom is 0.323 e. The van der Waals surface area contributed by atoms with Gasteiger partial charge in [-0.3, -0.25) is 15.0 Å². The Morgan fingerprint density at radius 1 is 1.08 bits per heavy atom. The van der Waals surface area contributed by atoms with Gasteiger partial charge < -0.3 is 25.4 Å². The van der Waals surface area contributed by atoms with Crippen molar-refractivity contribution in [2.24, 2.45) is 5.73 Å². The van der Waals surface area contributed by atoms with Crippen molar-refractivity contribution in [1.29, 1.82) is 5.41 Å². The molecule has 0 bridgehead atoms. The van der Waals surface area contributed by atoms with E-state index in [2.05, 4.69) is 5.32 Å². The highest BCUT2D eigenvalue weighted by atomic mass is 35.5. The smallest absolute Gasteiger partial charge is 0.323 e. The lowest BCUT2D eigenvalue weighted by molar-refractivity contribution is -0.145. The molecule has 8 nitrogen and oxygen atoms in total. The summed E-state index contributed by atoms with van der Waals surface area (Å²) in [6.45, 7) is 2.89. The van der Waals surface area contributed by atoms with Crippen LogP contribution in [-0.4, -0.2) is 37.0 Å². The number of fused-ring (bicyclic) bond motifs is 1. The first-order chi connectivity index (χ1) is 17.4. The lowest BCUT2D eigenvalue weighted by atomic mass is 10.1. The molecule has 1 aliphatic rings. The number of benzene rings is 3. The molecule has 1 amide bonds. The molecular formula is C28H31ClN4O4. The maximum absolute atomic E-state index is 12.6. The average molecular weight is 523 g/mol. The van der Waals surface area contributed by atoms with E-state index in [1.54, 1.807) is 24.0 Å². The van der Waals surface area contributed by atoms with Crippen LogP contribution in [0.2, 0.25) is 0 Å². The van der Waals surface area contributed by atoms with Crippen molar-refractivity contribution in [2.75, 3.05) is 18.1 Å². The fourth-order valence-electron chi connectivity index (χ4n) is 4.08. The first-order valence-electron chi connectivity index (χ1n) is 11.9. The number of amides is 1. The number of halogens is 1. The van der Waals surface area contributed by atoms with Gasteiger partial charge in [-0.25, -0.2) is 0 Å². The molecule has 1 heterocycles. The Balaban J connectivity index is 0.00000380. The zero-order valence-corrected chi connectivity index (χ0v) is 21.4. The fraction of sp³-hybridized carbons (Fsp3) is 0.250. The van der Waals surface area contributed by atoms with Crippen LogP contribution in [0.1, 0.15) is 29.2 Å². The van der Waals surface area contributed by atoms with Gasteiger partial charge in [-0.2, -0.15) is 0 Å². The lowest BCUT2D eigenvalue weighted by Gasteiger charge is -2.30. The van der Waals surface area contributed by atoms with E-state index >= 15 is 0 Å². The minimum Gasteiger partial charge on any atom is -0.482 e. The van der Waals surface area contributed by atoms with Crippen LogP contribution in [0.15, 0.2) is 72.8 Å². The van der Waals surface area contributed by atoms with Gasteiger partial charge in [0.25, 0.3) is 5.91 Å². The monoisotopic (exact) mass is 522 g/mol. The molecule has 0 fully saturated rings. The van der Waals surface area contributed by atoms with Gasteiger partial charge in [0, 0.05) is 12.1 Å². The van der Waals surface area contributed by atoms with E-state index in [0.29, 0.717) is 43.1 Å². The minimum atomic E-state index is -0.486. The van der Waals surface area contributed by atoms with E-state index < -0.39 is 6.04 Å². The van der Waals surface area contributed by atoms with E-state index in [9.17, 15) is 9.59 Å². The summed E-state index contributed by atoms with van der Waals surface area (Å²) in [5, 5.41) is 10.8. The Morgan fingerprint density at radius 3 is 2.46 bits per heavy atom. The summed E-state index contributed by atoms with van der Waals surface area (Å²) in [4.78, 5) is 26.9. The summed E-state index contributed by atoms with van der Waals surface area (Å²) in [6, 6.07) is 22.3. The average Bonchev–Trinajstić information content (AvgIpc) is 2.89. The van der Waals surface area contributed by atoms with Crippen molar-refractivity contribution < 1.29 is 19.1 Å². The molecule has 194 valence electrons. The second kappa shape index (κ2) is 12.9. The van der Waals surface area contributed by atoms with Gasteiger partial charge in [-0.1, -0.05) is 60.7 Å². The molecule has 4 N–H and O–H groups in total. The molecule has 37 heavy (non-hydrogen) atoms. The molecule has 0 aromatic heterocycles. The zero-order valence-electron chi connectivity index (χ0n) is 20.6. The van der Waals surface area contributed by atoms with Gasteiger partial charge in [0.2, 0.25) is 0 Å². The number of nitrogens with two attached hydrogens (primary N) is 1. The van der Waals surface area contributed by atoms with Gasteiger partial charge in [0.05, 0.1) is 18.8 Å². The van der Waals surface area contributed by atoms with E-state index in [1.165, 1.54) is 0 Å². The number of amidine groups is 1. The molecule has 0 saturated carbocycles. The second-order valence-electron chi connectivity index (χ2n) is 8.56.